The number of para-hydroxylation sites is 1. The normalized spacial score (nSPS) is 12.9. The first kappa shape index (κ1) is 27.0. The first-order valence-electron chi connectivity index (χ1n) is 9.61. The molecule has 2 aromatic carbocycles. The van der Waals surface area contributed by atoms with Gasteiger partial charge >= 0.3 is 0 Å². The molecule has 0 aliphatic heterocycles. The summed E-state index contributed by atoms with van der Waals surface area (Å²) >= 11 is 6.33. The van der Waals surface area contributed by atoms with Crippen LogP contribution < -0.4 is 14.2 Å². The van der Waals surface area contributed by atoms with Crippen molar-refractivity contribution in [1.82, 2.24) is 0 Å². The largest absolute Gasteiger partial charge is 0.504 e. The zero-order chi connectivity index (χ0) is 24.8. The van der Waals surface area contributed by atoms with Crippen molar-refractivity contribution in [2.24, 2.45) is 0 Å². The minimum absolute atomic E-state index is 0.00809. The molecule has 0 saturated carbocycles. The van der Waals surface area contributed by atoms with E-state index >= 15 is 0 Å². The van der Waals surface area contributed by atoms with Gasteiger partial charge in [-0.1, -0.05) is 23.7 Å². The SMILES string of the molecule is COc1cccc(CC(CS(=O)(=O)O)Oc2c(Cl)cc(CCCS(=O)(=O)O)cc2OC)c1O. The molecule has 2 rings (SSSR count). The average Bonchev–Trinajstić information content (AvgIpc) is 2.69. The first-order chi connectivity index (χ1) is 15.3. The van der Waals surface area contributed by atoms with Crippen molar-refractivity contribution in [3.8, 4) is 23.0 Å². The van der Waals surface area contributed by atoms with Crippen LogP contribution in [0.2, 0.25) is 5.02 Å². The summed E-state index contributed by atoms with van der Waals surface area (Å²) < 4.78 is 79.4. The lowest BCUT2D eigenvalue weighted by molar-refractivity contribution is 0.210. The van der Waals surface area contributed by atoms with E-state index in [1.54, 1.807) is 18.2 Å². The van der Waals surface area contributed by atoms with E-state index in [9.17, 15) is 26.5 Å². The summed E-state index contributed by atoms with van der Waals surface area (Å²) in [4.78, 5) is 0. The first-order valence-corrected chi connectivity index (χ1v) is 13.2. The third-order valence-electron chi connectivity index (χ3n) is 4.59. The van der Waals surface area contributed by atoms with Gasteiger partial charge in [-0.2, -0.15) is 16.8 Å². The molecule has 0 spiro atoms. The van der Waals surface area contributed by atoms with E-state index < -0.39 is 37.8 Å². The van der Waals surface area contributed by atoms with Crippen LogP contribution in [0, 0.1) is 0 Å². The third-order valence-corrected chi connectivity index (χ3v) is 6.47. The second-order valence-corrected chi connectivity index (χ2v) is 10.6. The summed E-state index contributed by atoms with van der Waals surface area (Å²) in [5.74, 6) is -1.07. The molecule has 10 nitrogen and oxygen atoms in total. The number of methoxy groups -OCH3 is 2. The van der Waals surface area contributed by atoms with E-state index in [-0.39, 0.29) is 47.3 Å². The van der Waals surface area contributed by atoms with Crippen molar-refractivity contribution >= 4 is 31.8 Å². The summed E-state index contributed by atoms with van der Waals surface area (Å²) in [7, 11) is -5.85. The molecular weight excluding hydrogens is 500 g/mol. The number of phenolic OH excluding ortho intramolecular Hbond substituents is 1. The molecule has 13 heteroatoms. The monoisotopic (exact) mass is 524 g/mol. The highest BCUT2D eigenvalue weighted by Gasteiger charge is 2.25. The molecular formula is C20H25ClO10S2. The minimum Gasteiger partial charge on any atom is -0.504 e. The van der Waals surface area contributed by atoms with E-state index in [4.69, 9.17) is 30.4 Å². The Balaban J connectivity index is 2.33. The predicted octanol–water partition coefficient (Wildman–Crippen LogP) is 2.76. The number of hydrogen-bond acceptors (Lipinski definition) is 8. The van der Waals surface area contributed by atoms with Crippen LogP contribution >= 0.6 is 11.6 Å². The van der Waals surface area contributed by atoms with Crippen molar-refractivity contribution < 1.29 is 45.3 Å². The van der Waals surface area contributed by atoms with E-state index in [2.05, 4.69) is 0 Å². The summed E-state index contributed by atoms with van der Waals surface area (Å²) in [5.41, 5.74) is 0.921. The number of rotatable bonds is 12. The van der Waals surface area contributed by atoms with Crippen molar-refractivity contribution in [1.29, 1.82) is 0 Å². The molecule has 0 amide bonds. The van der Waals surface area contributed by atoms with Gasteiger partial charge in [-0.3, -0.25) is 9.11 Å². The average molecular weight is 525 g/mol. The number of hydrogen-bond donors (Lipinski definition) is 3. The van der Waals surface area contributed by atoms with Crippen molar-refractivity contribution in [2.45, 2.75) is 25.4 Å². The molecule has 0 fully saturated rings. The minimum atomic E-state index is -4.46. The van der Waals surface area contributed by atoms with Crippen LogP contribution in [-0.4, -0.2) is 62.9 Å². The molecule has 0 heterocycles. The highest BCUT2D eigenvalue weighted by molar-refractivity contribution is 7.86. The molecule has 0 bridgehead atoms. The third kappa shape index (κ3) is 8.55. The summed E-state index contributed by atoms with van der Waals surface area (Å²) in [6.07, 6.45) is -0.866. The number of phenols is 1. The van der Waals surface area contributed by atoms with Gasteiger partial charge in [0.15, 0.2) is 23.0 Å². The van der Waals surface area contributed by atoms with E-state index in [0.29, 0.717) is 11.1 Å². The Hall–Kier alpha value is -2.25. The van der Waals surface area contributed by atoms with E-state index in [1.807, 2.05) is 0 Å². The van der Waals surface area contributed by atoms with Crippen LogP contribution in [-0.2, 0) is 33.1 Å². The van der Waals surface area contributed by atoms with Crippen molar-refractivity contribution in [3.05, 3.63) is 46.5 Å². The van der Waals surface area contributed by atoms with Gasteiger partial charge in [0.1, 0.15) is 11.9 Å². The number of ether oxygens (including phenoxy) is 3. The number of aromatic hydroxyl groups is 1. The van der Waals surface area contributed by atoms with Gasteiger partial charge in [0.25, 0.3) is 20.2 Å². The molecule has 0 aliphatic rings. The maximum absolute atomic E-state index is 11.6. The van der Waals surface area contributed by atoms with Crippen LogP contribution in [0.4, 0.5) is 0 Å². The molecule has 0 aliphatic carbocycles. The van der Waals surface area contributed by atoms with Gasteiger partial charge in [0.05, 0.1) is 25.0 Å². The quantitative estimate of drug-likeness (QED) is 0.352. The Morgan fingerprint density at radius 1 is 1.00 bits per heavy atom. The Morgan fingerprint density at radius 2 is 1.67 bits per heavy atom. The molecule has 3 N–H and O–H groups in total. The highest BCUT2D eigenvalue weighted by atomic mass is 35.5. The Bertz CT molecular complexity index is 1180. The zero-order valence-corrected chi connectivity index (χ0v) is 20.3. The van der Waals surface area contributed by atoms with Crippen LogP contribution in [0.5, 0.6) is 23.0 Å². The molecule has 1 unspecified atom stereocenters. The molecule has 0 radical (unpaired) electrons. The highest BCUT2D eigenvalue weighted by Crippen LogP contribution is 2.38. The fraction of sp³-hybridized carbons (Fsp3) is 0.400. The Morgan fingerprint density at radius 3 is 2.24 bits per heavy atom. The standard InChI is InChI=1S/C20H25ClO10S2/c1-29-17-7-3-6-14(19(17)22)11-15(12-33(26,27)28)31-20-16(21)9-13(10-18(20)30-2)5-4-8-32(23,24)25/h3,6-7,9-10,15,22H,4-5,8,11-12H2,1-2H3,(H,23,24,25)(H,26,27,28). The predicted molar refractivity (Wildman–Crippen MR) is 122 cm³/mol. The fourth-order valence-electron chi connectivity index (χ4n) is 3.17. The molecule has 2 aromatic rings. The lowest BCUT2D eigenvalue weighted by Gasteiger charge is -2.22. The Labute approximate surface area is 197 Å². The second kappa shape index (κ2) is 11.3. The number of aryl methyl sites for hydroxylation is 1. The molecule has 0 aromatic heterocycles. The smallest absolute Gasteiger partial charge is 0.268 e. The summed E-state index contributed by atoms with van der Waals surface area (Å²) in [6.45, 7) is 0. The Kier molecular flexibility index (Phi) is 9.20. The molecule has 33 heavy (non-hydrogen) atoms. The van der Waals surface area contributed by atoms with Gasteiger partial charge in [-0.25, -0.2) is 0 Å². The molecule has 184 valence electrons. The maximum atomic E-state index is 11.6. The van der Waals surface area contributed by atoms with E-state index in [1.165, 1.54) is 26.4 Å². The topological polar surface area (TPSA) is 157 Å². The van der Waals surface area contributed by atoms with Crippen LogP contribution in [0.1, 0.15) is 17.5 Å². The van der Waals surface area contributed by atoms with Gasteiger partial charge in [-0.15, -0.1) is 0 Å². The second-order valence-electron chi connectivity index (χ2n) is 7.16. The van der Waals surface area contributed by atoms with Gasteiger partial charge < -0.3 is 19.3 Å². The number of halogens is 1. The van der Waals surface area contributed by atoms with Crippen molar-refractivity contribution in [3.63, 3.8) is 0 Å². The molecule has 0 saturated heterocycles. The van der Waals surface area contributed by atoms with Crippen molar-refractivity contribution in [2.75, 3.05) is 25.7 Å². The van der Waals surface area contributed by atoms with Crippen LogP contribution in [0.15, 0.2) is 30.3 Å². The van der Waals surface area contributed by atoms with Crippen LogP contribution in [0.3, 0.4) is 0 Å². The zero-order valence-electron chi connectivity index (χ0n) is 17.9. The van der Waals surface area contributed by atoms with E-state index in [0.717, 1.165) is 0 Å². The van der Waals surface area contributed by atoms with Gasteiger partial charge in [0.2, 0.25) is 0 Å². The summed E-state index contributed by atoms with van der Waals surface area (Å²) in [6, 6.07) is 7.72. The summed E-state index contributed by atoms with van der Waals surface area (Å²) in [5, 5.41) is 10.4. The van der Waals surface area contributed by atoms with Crippen LogP contribution in [0.25, 0.3) is 0 Å². The lowest BCUT2D eigenvalue weighted by Crippen LogP contribution is -2.29. The number of benzene rings is 2. The maximum Gasteiger partial charge on any atom is 0.268 e. The lowest BCUT2D eigenvalue weighted by atomic mass is 10.1. The molecule has 1 atom stereocenters. The fourth-order valence-corrected chi connectivity index (χ4v) is 4.61. The van der Waals surface area contributed by atoms with Gasteiger partial charge in [0, 0.05) is 12.0 Å². The van der Waals surface area contributed by atoms with Gasteiger partial charge in [-0.05, 0) is 36.6 Å².